The van der Waals surface area contributed by atoms with Crippen molar-refractivity contribution >= 4 is 11.7 Å². The van der Waals surface area contributed by atoms with E-state index in [0.29, 0.717) is 24.6 Å². The lowest BCUT2D eigenvalue weighted by atomic mass is 10.1. The second kappa shape index (κ2) is 10.7. The molecule has 178 valence electrons. The van der Waals surface area contributed by atoms with Crippen LogP contribution in [-0.4, -0.2) is 45.0 Å². The highest BCUT2D eigenvalue weighted by molar-refractivity contribution is 5.89. The van der Waals surface area contributed by atoms with Gasteiger partial charge in [0.15, 0.2) is 0 Å². The van der Waals surface area contributed by atoms with Crippen LogP contribution in [0.2, 0.25) is 0 Å². The molecule has 0 aromatic heterocycles. The molecule has 0 N–H and O–H groups in total. The quantitative estimate of drug-likeness (QED) is 0.297. The molecule has 10 heteroatoms. The van der Waals surface area contributed by atoms with Crippen LogP contribution < -0.4 is 9.64 Å². The number of anilines is 1. The first-order valence-corrected chi connectivity index (χ1v) is 10.0. The summed E-state index contributed by atoms with van der Waals surface area (Å²) < 4.78 is 78.8. The molecule has 0 amide bonds. The van der Waals surface area contributed by atoms with Crippen molar-refractivity contribution in [3.8, 4) is 5.75 Å². The van der Waals surface area contributed by atoms with Gasteiger partial charge in [-0.25, -0.2) is 4.79 Å². The van der Waals surface area contributed by atoms with E-state index in [0.717, 1.165) is 17.8 Å². The topological polar surface area (TPSA) is 48.0 Å². The summed E-state index contributed by atoms with van der Waals surface area (Å²) in [6.45, 7) is 0.272. The SMILES string of the molecule is COC(=O)c1ccc(N2C[C@H](Oc3ccc(C(F)(F)F)cc3)C[C@H]2COCC=C(F)F)cc1. The summed E-state index contributed by atoms with van der Waals surface area (Å²) in [4.78, 5) is 13.6. The minimum atomic E-state index is -4.44. The fourth-order valence-corrected chi connectivity index (χ4v) is 3.58. The Morgan fingerprint density at radius 2 is 1.76 bits per heavy atom. The molecule has 5 nitrogen and oxygen atoms in total. The normalized spacial score (nSPS) is 18.2. The maximum Gasteiger partial charge on any atom is 0.416 e. The summed E-state index contributed by atoms with van der Waals surface area (Å²) in [5.41, 5.74) is 0.351. The zero-order chi connectivity index (χ0) is 24.0. The summed E-state index contributed by atoms with van der Waals surface area (Å²) in [6, 6.07) is 10.8. The summed E-state index contributed by atoms with van der Waals surface area (Å²) >= 11 is 0. The number of ether oxygens (including phenoxy) is 3. The van der Waals surface area contributed by atoms with Crippen LogP contribution in [0.1, 0.15) is 22.3 Å². The maximum absolute atomic E-state index is 12.8. The van der Waals surface area contributed by atoms with Crippen LogP contribution in [-0.2, 0) is 15.7 Å². The van der Waals surface area contributed by atoms with Gasteiger partial charge in [0.05, 0.1) is 44.0 Å². The Labute approximate surface area is 187 Å². The average molecular weight is 471 g/mol. The number of rotatable bonds is 8. The molecular weight excluding hydrogens is 449 g/mol. The van der Waals surface area contributed by atoms with E-state index in [2.05, 4.69) is 0 Å². The van der Waals surface area contributed by atoms with Gasteiger partial charge in [-0.3, -0.25) is 0 Å². The summed E-state index contributed by atoms with van der Waals surface area (Å²) in [7, 11) is 1.28. The summed E-state index contributed by atoms with van der Waals surface area (Å²) in [6.07, 6.45) is -5.51. The lowest BCUT2D eigenvalue weighted by molar-refractivity contribution is -0.137. The number of hydrogen-bond acceptors (Lipinski definition) is 5. The third kappa shape index (κ3) is 6.67. The molecule has 0 aliphatic carbocycles. The van der Waals surface area contributed by atoms with Gasteiger partial charge in [0.1, 0.15) is 11.9 Å². The van der Waals surface area contributed by atoms with E-state index in [1.54, 1.807) is 24.3 Å². The number of esters is 1. The predicted molar refractivity (Wildman–Crippen MR) is 111 cm³/mol. The molecule has 1 fully saturated rings. The third-order valence-corrected chi connectivity index (χ3v) is 5.15. The van der Waals surface area contributed by atoms with Gasteiger partial charge in [-0.05, 0) is 48.5 Å². The molecule has 3 rings (SSSR count). The maximum atomic E-state index is 12.8. The van der Waals surface area contributed by atoms with Crippen molar-refractivity contribution in [1.29, 1.82) is 0 Å². The number of nitrogens with zero attached hydrogens (tertiary/aromatic N) is 1. The molecule has 1 aliphatic rings. The average Bonchev–Trinajstić information content (AvgIpc) is 3.18. The molecule has 0 radical (unpaired) electrons. The van der Waals surface area contributed by atoms with Gasteiger partial charge in [0.2, 0.25) is 0 Å². The van der Waals surface area contributed by atoms with Crippen LogP contribution in [0.5, 0.6) is 5.75 Å². The van der Waals surface area contributed by atoms with E-state index in [1.807, 2.05) is 4.90 Å². The van der Waals surface area contributed by atoms with Crippen molar-refractivity contribution in [3.63, 3.8) is 0 Å². The second-order valence-corrected chi connectivity index (χ2v) is 7.37. The predicted octanol–water partition coefficient (Wildman–Crippen LogP) is 5.32. The lowest BCUT2D eigenvalue weighted by Crippen LogP contribution is -2.33. The van der Waals surface area contributed by atoms with Gasteiger partial charge in [-0.1, -0.05) is 0 Å². The molecule has 0 spiro atoms. The Hall–Kier alpha value is -3.14. The molecule has 2 atom stereocenters. The van der Waals surface area contributed by atoms with Gasteiger partial charge >= 0.3 is 12.1 Å². The fourth-order valence-electron chi connectivity index (χ4n) is 3.58. The highest BCUT2D eigenvalue weighted by Gasteiger charge is 2.34. The van der Waals surface area contributed by atoms with E-state index in [1.165, 1.54) is 19.2 Å². The van der Waals surface area contributed by atoms with Crippen LogP contribution in [0.15, 0.2) is 60.7 Å². The first-order chi connectivity index (χ1) is 15.7. The number of benzene rings is 2. The smallest absolute Gasteiger partial charge is 0.416 e. The molecule has 1 aliphatic heterocycles. The van der Waals surface area contributed by atoms with Crippen LogP contribution in [0.25, 0.3) is 0 Å². The van der Waals surface area contributed by atoms with Gasteiger partial charge in [0.25, 0.3) is 6.08 Å². The summed E-state index contributed by atoms with van der Waals surface area (Å²) in [5.74, 6) is -0.190. The van der Waals surface area contributed by atoms with E-state index in [9.17, 15) is 26.7 Å². The third-order valence-electron chi connectivity index (χ3n) is 5.15. The van der Waals surface area contributed by atoms with Crippen LogP contribution in [0, 0.1) is 0 Å². The molecule has 33 heavy (non-hydrogen) atoms. The van der Waals surface area contributed by atoms with E-state index in [4.69, 9.17) is 14.2 Å². The summed E-state index contributed by atoms with van der Waals surface area (Å²) in [5, 5.41) is 0. The van der Waals surface area contributed by atoms with E-state index >= 15 is 0 Å². The zero-order valence-corrected chi connectivity index (χ0v) is 17.6. The Morgan fingerprint density at radius 3 is 2.33 bits per heavy atom. The minimum Gasteiger partial charge on any atom is -0.489 e. The van der Waals surface area contributed by atoms with Gasteiger partial charge in [-0.2, -0.15) is 22.0 Å². The molecule has 0 unspecified atom stereocenters. The number of halogens is 5. The van der Waals surface area contributed by atoms with E-state index < -0.39 is 23.8 Å². The highest BCUT2D eigenvalue weighted by Crippen LogP contribution is 2.32. The Morgan fingerprint density at radius 1 is 1.09 bits per heavy atom. The minimum absolute atomic E-state index is 0.134. The Bertz CT molecular complexity index is 956. The lowest BCUT2D eigenvalue weighted by Gasteiger charge is -2.26. The van der Waals surface area contributed by atoms with Crippen molar-refractivity contribution < 1.29 is 41.0 Å². The van der Waals surface area contributed by atoms with Crippen molar-refractivity contribution in [2.45, 2.75) is 24.7 Å². The monoisotopic (exact) mass is 471 g/mol. The fraction of sp³-hybridized carbons (Fsp3) is 0.348. The second-order valence-electron chi connectivity index (χ2n) is 7.37. The van der Waals surface area contributed by atoms with Crippen molar-refractivity contribution in [1.82, 2.24) is 0 Å². The molecule has 0 bridgehead atoms. The first-order valence-electron chi connectivity index (χ1n) is 10.0. The van der Waals surface area contributed by atoms with Crippen LogP contribution >= 0.6 is 0 Å². The van der Waals surface area contributed by atoms with Crippen molar-refractivity contribution in [2.24, 2.45) is 0 Å². The molecule has 0 saturated carbocycles. The number of hydrogen-bond donors (Lipinski definition) is 0. The van der Waals surface area contributed by atoms with Gasteiger partial charge < -0.3 is 19.1 Å². The van der Waals surface area contributed by atoms with Gasteiger partial charge in [-0.15, -0.1) is 0 Å². The molecule has 2 aromatic carbocycles. The molecule has 1 saturated heterocycles. The Balaban J connectivity index is 1.72. The number of carbonyl (C=O) groups is 1. The number of alkyl halides is 3. The molecule has 1 heterocycles. The highest BCUT2D eigenvalue weighted by atomic mass is 19.4. The van der Waals surface area contributed by atoms with Gasteiger partial charge in [0, 0.05) is 18.2 Å². The van der Waals surface area contributed by atoms with Crippen LogP contribution in [0.3, 0.4) is 0 Å². The first kappa shape index (κ1) is 24.5. The molecular formula is C23H22F5NO4. The standard InChI is InChI=1S/C23H22F5NO4/c1-31-22(30)15-2-6-17(7-3-15)29-13-20(12-18(29)14-32-11-10-21(24)25)33-19-8-4-16(5-9-19)23(26,27)28/h2-10,18,20H,11-14H2,1H3/t18-,20+/m0/s1. The zero-order valence-electron chi connectivity index (χ0n) is 17.6. The van der Waals surface area contributed by atoms with E-state index in [-0.39, 0.29) is 31.1 Å². The van der Waals surface area contributed by atoms with Crippen molar-refractivity contribution in [3.05, 3.63) is 71.8 Å². The largest absolute Gasteiger partial charge is 0.489 e. The van der Waals surface area contributed by atoms with Crippen molar-refractivity contribution in [2.75, 3.05) is 31.8 Å². The number of carbonyl (C=O) groups excluding carboxylic acids is 1. The Kier molecular flexibility index (Phi) is 7.91. The number of methoxy groups -OCH3 is 1. The van der Waals surface area contributed by atoms with Crippen LogP contribution in [0.4, 0.5) is 27.6 Å². The molecule has 2 aromatic rings.